The fourth-order valence-electron chi connectivity index (χ4n) is 2.44. The van der Waals surface area contributed by atoms with E-state index in [4.69, 9.17) is 4.55 Å². The van der Waals surface area contributed by atoms with Crippen LogP contribution in [0.5, 0.6) is 5.75 Å². The fourth-order valence-corrected chi connectivity index (χ4v) is 3.01. The largest absolute Gasteiger partial charge is 0.508 e. The minimum atomic E-state index is -1.72. The normalized spacial score (nSPS) is 19.8. The van der Waals surface area contributed by atoms with Crippen molar-refractivity contribution in [3.05, 3.63) is 29.8 Å². The zero-order chi connectivity index (χ0) is 13.0. The van der Waals surface area contributed by atoms with E-state index in [0.29, 0.717) is 11.7 Å². The Kier molecular flexibility index (Phi) is 4.74. The third-order valence-electron chi connectivity index (χ3n) is 3.46. The maximum atomic E-state index is 10.7. The van der Waals surface area contributed by atoms with Crippen LogP contribution in [-0.2, 0) is 17.5 Å². The number of benzene rings is 1. The van der Waals surface area contributed by atoms with E-state index in [0.717, 1.165) is 32.4 Å². The summed E-state index contributed by atoms with van der Waals surface area (Å²) in [5, 5.41) is 9.22. The average Bonchev–Trinajstić information content (AvgIpc) is 2.34. The van der Waals surface area contributed by atoms with Crippen molar-refractivity contribution in [1.29, 1.82) is 0 Å². The lowest BCUT2D eigenvalue weighted by atomic mass is 9.90. The maximum absolute atomic E-state index is 10.7. The van der Waals surface area contributed by atoms with Crippen molar-refractivity contribution in [3.8, 4) is 5.75 Å². The van der Waals surface area contributed by atoms with E-state index in [1.54, 1.807) is 12.1 Å². The lowest BCUT2D eigenvalue weighted by molar-refractivity contribution is 0.207. The van der Waals surface area contributed by atoms with Crippen LogP contribution >= 0.6 is 0 Å². The minimum absolute atomic E-state index is 0.270. The van der Waals surface area contributed by atoms with E-state index in [1.165, 1.54) is 5.56 Å². The second kappa shape index (κ2) is 6.31. The summed E-state index contributed by atoms with van der Waals surface area (Å²) in [6.07, 6.45) is 3.16. The lowest BCUT2D eigenvalue weighted by Gasteiger charge is -2.30. The highest BCUT2D eigenvalue weighted by atomic mass is 32.2. The van der Waals surface area contributed by atoms with Gasteiger partial charge in [-0.1, -0.05) is 12.1 Å². The smallest absolute Gasteiger partial charge is 0.167 e. The van der Waals surface area contributed by atoms with Crippen LogP contribution in [0.1, 0.15) is 18.4 Å². The molecule has 1 unspecified atom stereocenters. The number of phenols is 1. The molecule has 0 radical (unpaired) electrons. The number of nitrogens with zero attached hydrogens (tertiary/aromatic N) is 1. The van der Waals surface area contributed by atoms with E-state index in [9.17, 15) is 9.32 Å². The molecule has 5 heteroatoms. The predicted octanol–water partition coefficient (Wildman–Crippen LogP) is 1.83. The van der Waals surface area contributed by atoms with Gasteiger partial charge in [0.1, 0.15) is 11.6 Å². The van der Waals surface area contributed by atoms with Crippen molar-refractivity contribution in [2.24, 2.45) is 5.92 Å². The molecule has 1 aromatic carbocycles. The molecule has 100 valence electrons. The third-order valence-corrected chi connectivity index (χ3v) is 4.05. The molecule has 1 saturated heterocycles. The standard InChI is InChI=1S/C13H19NO3S/c15-13-3-1-11(2-4-13)9-12-5-7-14(8-6-12)10-18(16)17/h1-4,12,15H,5-10H2,(H,16,17). The van der Waals surface area contributed by atoms with E-state index in [2.05, 4.69) is 0 Å². The van der Waals surface area contributed by atoms with Crippen LogP contribution in [0.2, 0.25) is 0 Å². The Bertz CT molecular complexity index is 399. The Labute approximate surface area is 110 Å². The molecule has 1 atom stereocenters. The molecule has 4 nitrogen and oxygen atoms in total. The highest BCUT2D eigenvalue weighted by molar-refractivity contribution is 7.79. The quantitative estimate of drug-likeness (QED) is 0.819. The minimum Gasteiger partial charge on any atom is -0.508 e. The summed E-state index contributed by atoms with van der Waals surface area (Å²) in [7, 11) is 0. The molecule has 0 aromatic heterocycles. The summed E-state index contributed by atoms with van der Waals surface area (Å²) in [6, 6.07) is 7.37. The van der Waals surface area contributed by atoms with E-state index < -0.39 is 11.1 Å². The molecule has 2 N–H and O–H groups in total. The lowest BCUT2D eigenvalue weighted by Crippen LogP contribution is -2.36. The van der Waals surface area contributed by atoms with Crippen LogP contribution in [0, 0.1) is 5.92 Å². The third kappa shape index (κ3) is 4.08. The zero-order valence-corrected chi connectivity index (χ0v) is 11.1. The molecule has 0 aliphatic carbocycles. The van der Waals surface area contributed by atoms with Gasteiger partial charge in [-0.3, -0.25) is 4.90 Å². The molecule has 1 aromatic rings. The van der Waals surface area contributed by atoms with Crippen molar-refractivity contribution in [3.63, 3.8) is 0 Å². The van der Waals surface area contributed by atoms with Gasteiger partial charge in [-0.2, -0.15) is 0 Å². The molecule has 1 heterocycles. The van der Waals surface area contributed by atoms with Crippen LogP contribution in [0.4, 0.5) is 0 Å². The van der Waals surface area contributed by atoms with Crippen LogP contribution in [0.25, 0.3) is 0 Å². The fraction of sp³-hybridized carbons (Fsp3) is 0.538. The van der Waals surface area contributed by atoms with Gasteiger partial charge in [0.2, 0.25) is 0 Å². The molecule has 0 saturated carbocycles. The Balaban J connectivity index is 1.79. The number of hydrogen-bond donors (Lipinski definition) is 2. The number of aromatic hydroxyl groups is 1. The van der Waals surface area contributed by atoms with Gasteiger partial charge < -0.3 is 9.66 Å². The van der Waals surface area contributed by atoms with Gasteiger partial charge in [0.15, 0.2) is 11.1 Å². The van der Waals surface area contributed by atoms with Gasteiger partial charge in [-0.05, 0) is 56.0 Å². The van der Waals surface area contributed by atoms with E-state index in [1.807, 2.05) is 17.0 Å². The number of hydrogen-bond acceptors (Lipinski definition) is 3. The predicted molar refractivity (Wildman–Crippen MR) is 71.7 cm³/mol. The molecule has 0 spiro atoms. The van der Waals surface area contributed by atoms with E-state index >= 15 is 0 Å². The number of likely N-dealkylation sites (tertiary alicyclic amines) is 1. The highest BCUT2D eigenvalue weighted by Gasteiger charge is 2.20. The number of phenolic OH excluding ortho intramolecular Hbond substituents is 1. The summed E-state index contributed by atoms with van der Waals surface area (Å²) in [5.41, 5.74) is 1.25. The molecular weight excluding hydrogens is 250 g/mol. The van der Waals surface area contributed by atoms with Crippen LogP contribution in [0.15, 0.2) is 24.3 Å². The second-order valence-corrected chi connectivity index (χ2v) is 5.78. The average molecular weight is 269 g/mol. The van der Waals surface area contributed by atoms with E-state index in [-0.39, 0.29) is 5.88 Å². The summed E-state index contributed by atoms with van der Waals surface area (Å²) in [6.45, 7) is 1.80. The van der Waals surface area contributed by atoms with Gasteiger partial charge in [0.25, 0.3) is 0 Å². The molecule has 0 bridgehead atoms. The topological polar surface area (TPSA) is 60.8 Å². The van der Waals surface area contributed by atoms with Gasteiger partial charge in [-0.25, -0.2) is 4.21 Å². The van der Waals surface area contributed by atoms with Crippen LogP contribution in [0.3, 0.4) is 0 Å². The summed E-state index contributed by atoms with van der Waals surface area (Å²) in [5.74, 6) is 1.21. The summed E-state index contributed by atoms with van der Waals surface area (Å²) < 4.78 is 19.6. The molecule has 1 fully saturated rings. The van der Waals surface area contributed by atoms with Crippen molar-refractivity contribution in [1.82, 2.24) is 4.90 Å². The SMILES string of the molecule is O=S(O)CN1CCC(Cc2ccc(O)cc2)CC1. The first-order valence-corrected chi connectivity index (χ1v) is 7.49. The first-order valence-electron chi connectivity index (χ1n) is 6.21. The summed E-state index contributed by atoms with van der Waals surface area (Å²) in [4.78, 5) is 2.05. The Morgan fingerprint density at radius 2 is 1.83 bits per heavy atom. The van der Waals surface area contributed by atoms with Gasteiger partial charge in [-0.15, -0.1) is 0 Å². The second-order valence-electron chi connectivity index (χ2n) is 4.88. The van der Waals surface area contributed by atoms with Gasteiger partial charge in [0, 0.05) is 0 Å². The molecule has 2 rings (SSSR count). The van der Waals surface area contributed by atoms with Gasteiger partial charge in [0.05, 0.1) is 0 Å². The molecular formula is C13H19NO3S. The Morgan fingerprint density at radius 1 is 1.22 bits per heavy atom. The number of piperidine rings is 1. The Hall–Kier alpha value is -0.910. The van der Waals surface area contributed by atoms with Crippen molar-refractivity contribution in [2.45, 2.75) is 19.3 Å². The monoisotopic (exact) mass is 269 g/mol. The van der Waals surface area contributed by atoms with Crippen LogP contribution in [-0.4, -0.2) is 37.7 Å². The van der Waals surface area contributed by atoms with Crippen molar-refractivity contribution in [2.75, 3.05) is 19.0 Å². The highest BCUT2D eigenvalue weighted by Crippen LogP contribution is 2.22. The molecule has 1 aliphatic rings. The van der Waals surface area contributed by atoms with Crippen molar-refractivity contribution < 1.29 is 13.9 Å². The first kappa shape index (κ1) is 13.5. The molecule has 1 aliphatic heterocycles. The Morgan fingerprint density at radius 3 is 2.39 bits per heavy atom. The summed E-state index contributed by atoms with van der Waals surface area (Å²) >= 11 is -1.72. The van der Waals surface area contributed by atoms with Gasteiger partial charge >= 0.3 is 0 Å². The van der Waals surface area contributed by atoms with Crippen LogP contribution < -0.4 is 0 Å². The zero-order valence-electron chi connectivity index (χ0n) is 10.3. The molecule has 18 heavy (non-hydrogen) atoms. The number of rotatable bonds is 4. The molecule has 0 amide bonds. The maximum Gasteiger partial charge on any atom is 0.167 e. The first-order chi connectivity index (χ1) is 8.63. The van der Waals surface area contributed by atoms with Crippen molar-refractivity contribution >= 4 is 11.1 Å².